The molecule has 1 heteroatoms. The van der Waals surface area contributed by atoms with Crippen molar-refractivity contribution in [3.05, 3.63) is 23.9 Å². The average molecular weight is 149 g/mol. The van der Waals surface area contributed by atoms with Crippen LogP contribution in [0.2, 0.25) is 0 Å². The number of rotatable bonds is 1. The summed E-state index contributed by atoms with van der Waals surface area (Å²) in [5.41, 5.74) is 2.24. The maximum absolute atomic E-state index is 4.37. The molecule has 0 bridgehead atoms. The summed E-state index contributed by atoms with van der Waals surface area (Å²) >= 11 is 0. The number of aliphatic imine (C=N–C) groups is 1. The van der Waals surface area contributed by atoms with E-state index in [1.165, 1.54) is 0 Å². The summed E-state index contributed by atoms with van der Waals surface area (Å²) in [5, 5.41) is 0. The standard InChI is InChI=1S/C10H15N/c1-4-10-6-5-8(2)11-9(3)7-10/h5-7,10H,4H2,1-3H3. The van der Waals surface area contributed by atoms with Gasteiger partial charge in [0.05, 0.1) is 0 Å². The van der Waals surface area contributed by atoms with Crippen molar-refractivity contribution >= 4 is 5.71 Å². The Morgan fingerprint density at radius 2 is 2.18 bits per heavy atom. The zero-order chi connectivity index (χ0) is 8.27. The number of nitrogens with zero attached hydrogens (tertiary/aromatic N) is 1. The predicted molar refractivity (Wildman–Crippen MR) is 49.8 cm³/mol. The van der Waals surface area contributed by atoms with E-state index in [9.17, 15) is 0 Å². The molecule has 60 valence electrons. The van der Waals surface area contributed by atoms with Crippen LogP contribution in [-0.2, 0) is 0 Å². The first kappa shape index (κ1) is 8.25. The molecule has 0 amide bonds. The van der Waals surface area contributed by atoms with E-state index in [4.69, 9.17) is 0 Å². The quantitative estimate of drug-likeness (QED) is 0.543. The van der Waals surface area contributed by atoms with Gasteiger partial charge in [-0.15, -0.1) is 0 Å². The summed E-state index contributed by atoms with van der Waals surface area (Å²) in [4.78, 5) is 4.37. The predicted octanol–water partition coefficient (Wildman–Crippen LogP) is 2.95. The lowest BCUT2D eigenvalue weighted by Crippen LogP contribution is -1.87. The van der Waals surface area contributed by atoms with Gasteiger partial charge in [-0.3, -0.25) is 4.99 Å². The lowest BCUT2D eigenvalue weighted by atomic mass is 10.1. The molecule has 0 saturated heterocycles. The molecule has 0 aromatic rings. The summed E-state index contributed by atoms with van der Waals surface area (Å²) in [6, 6.07) is 0. The molecule has 1 nitrogen and oxygen atoms in total. The lowest BCUT2D eigenvalue weighted by molar-refractivity contribution is 0.769. The monoisotopic (exact) mass is 149 g/mol. The Hall–Kier alpha value is -0.850. The molecular weight excluding hydrogens is 134 g/mol. The molecule has 1 aliphatic heterocycles. The summed E-state index contributed by atoms with van der Waals surface area (Å²) in [6.45, 7) is 6.28. The van der Waals surface area contributed by atoms with Gasteiger partial charge < -0.3 is 0 Å². The minimum Gasteiger partial charge on any atom is -0.259 e. The molecule has 1 heterocycles. The third kappa shape index (κ3) is 2.34. The maximum Gasteiger partial charge on any atom is 0.0372 e. The molecule has 1 unspecified atom stereocenters. The van der Waals surface area contributed by atoms with E-state index in [-0.39, 0.29) is 0 Å². The Balaban J connectivity index is 2.83. The van der Waals surface area contributed by atoms with Gasteiger partial charge >= 0.3 is 0 Å². The summed E-state index contributed by atoms with van der Waals surface area (Å²) in [5.74, 6) is 0.580. The maximum atomic E-state index is 4.37. The molecule has 0 aromatic carbocycles. The third-order valence-corrected chi connectivity index (χ3v) is 1.86. The van der Waals surface area contributed by atoms with Crippen molar-refractivity contribution in [2.75, 3.05) is 0 Å². The fraction of sp³-hybridized carbons (Fsp3) is 0.500. The molecule has 0 radical (unpaired) electrons. The van der Waals surface area contributed by atoms with Crippen LogP contribution in [0.15, 0.2) is 28.9 Å². The van der Waals surface area contributed by atoms with Gasteiger partial charge in [0, 0.05) is 11.4 Å². The first-order valence-corrected chi connectivity index (χ1v) is 4.14. The van der Waals surface area contributed by atoms with Gasteiger partial charge in [0.15, 0.2) is 0 Å². The van der Waals surface area contributed by atoms with E-state index in [1.54, 1.807) is 0 Å². The Morgan fingerprint density at radius 1 is 1.45 bits per heavy atom. The highest BCUT2D eigenvalue weighted by Gasteiger charge is 2.01. The molecule has 0 spiro atoms. The molecule has 11 heavy (non-hydrogen) atoms. The molecule has 1 rings (SSSR count). The van der Waals surface area contributed by atoms with Crippen molar-refractivity contribution in [2.45, 2.75) is 27.2 Å². The first-order valence-electron chi connectivity index (χ1n) is 4.14. The molecular formula is C10H15N. The van der Waals surface area contributed by atoms with Crippen LogP contribution in [0.25, 0.3) is 0 Å². The smallest absolute Gasteiger partial charge is 0.0372 e. The minimum atomic E-state index is 0.580. The van der Waals surface area contributed by atoms with Crippen molar-refractivity contribution in [1.82, 2.24) is 0 Å². The second-order valence-corrected chi connectivity index (χ2v) is 2.99. The average Bonchev–Trinajstić information content (AvgIpc) is 2.11. The van der Waals surface area contributed by atoms with E-state index in [0.717, 1.165) is 17.8 Å². The van der Waals surface area contributed by atoms with Gasteiger partial charge in [0.25, 0.3) is 0 Å². The number of hydrogen-bond acceptors (Lipinski definition) is 1. The summed E-state index contributed by atoms with van der Waals surface area (Å²) < 4.78 is 0. The van der Waals surface area contributed by atoms with Gasteiger partial charge in [-0.25, -0.2) is 0 Å². The largest absolute Gasteiger partial charge is 0.259 e. The van der Waals surface area contributed by atoms with Crippen LogP contribution in [0.5, 0.6) is 0 Å². The molecule has 0 aliphatic carbocycles. The van der Waals surface area contributed by atoms with Gasteiger partial charge in [-0.2, -0.15) is 0 Å². The molecule has 1 aliphatic rings. The van der Waals surface area contributed by atoms with Crippen LogP contribution in [-0.4, -0.2) is 5.71 Å². The van der Waals surface area contributed by atoms with Crippen molar-refractivity contribution in [1.29, 1.82) is 0 Å². The van der Waals surface area contributed by atoms with Crippen molar-refractivity contribution < 1.29 is 0 Å². The third-order valence-electron chi connectivity index (χ3n) is 1.86. The van der Waals surface area contributed by atoms with E-state index >= 15 is 0 Å². The Bertz CT molecular complexity index is 221. The molecule has 1 atom stereocenters. The van der Waals surface area contributed by atoms with Crippen LogP contribution in [0.3, 0.4) is 0 Å². The SMILES string of the molecule is CCC1C=CC(C)=NC(C)=C1. The van der Waals surface area contributed by atoms with E-state index in [0.29, 0.717) is 5.92 Å². The summed E-state index contributed by atoms with van der Waals surface area (Å²) in [7, 11) is 0. The van der Waals surface area contributed by atoms with Crippen LogP contribution in [0.4, 0.5) is 0 Å². The van der Waals surface area contributed by atoms with Gasteiger partial charge in [0.1, 0.15) is 0 Å². The second-order valence-electron chi connectivity index (χ2n) is 2.99. The van der Waals surface area contributed by atoms with Crippen molar-refractivity contribution in [2.24, 2.45) is 10.9 Å². The lowest BCUT2D eigenvalue weighted by Gasteiger charge is -2.00. The zero-order valence-corrected chi connectivity index (χ0v) is 7.46. The fourth-order valence-corrected chi connectivity index (χ4v) is 1.23. The minimum absolute atomic E-state index is 0.580. The topological polar surface area (TPSA) is 12.4 Å². The highest BCUT2D eigenvalue weighted by molar-refractivity contribution is 5.93. The number of allylic oxidation sites excluding steroid dienone is 4. The Morgan fingerprint density at radius 3 is 2.82 bits per heavy atom. The normalized spacial score (nSPS) is 24.1. The van der Waals surface area contributed by atoms with Gasteiger partial charge in [-0.05, 0) is 32.3 Å². The highest BCUT2D eigenvalue weighted by Crippen LogP contribution is 2.13. The second kappa shape index (κ2) is 3.51. The van der Waals surface area contributed by atoms with E-state index in [2.05, 4.69) is 37.1 Å². The van der Waals surface area contributed by atoms with Crippen LogP contribution in [0.1, 0.15) is 27.2 Å². The first-order chi connectivity index (χ1) is 5.22. The molecule has 0 saturated carbocycles. The van der Waals surface area contributed by atoms with Gasteiger partial charge in [-0.1, -0.05) is 19.1 Å². The van der Waals surface area contributed by atoms with Crippen molar-refractivity contribution in [3.63, 3.8) is 0 Å². The van der Waals surface area contributed by atoms with E-state index in [1.807, 2.05) is 6.92 Å². The van der Waals surface area contributed by atoms with E-state index < -0.39 is 0 Å². The van der Waals surface area contributed by atoms with Crippen LogP contribution < -0.4 is 0 Å². The Kier molecular flexibility index (Phi) is 2.64. The fourth-order valence-electron chi connectivity index (χ4n) is 1.23. The zero-order valence-electron chi connectivity index (χ0n) is 7.46. The van der Waals surface area contributed by atoms with Crippen LogP contribution >= 0.6 is 0 Å². The molecule has 0 N–H and O–H groups in total. The van der Waals surface area contributed by atoms with Crippen molar-refractivity contribution in [3.8, 4) is 0 Å². The molecule has 0 fully saturated rings. The highest BCUT2D eigenvalue weighted by atomic mass is 14.7. The number of hydrogen-bond donors (Lipinski definition) is 0. The Labute approximate surface area is 68.5 Å². The van der Waals surface area contributed by atoms with Gasteiger partial charge in [0.2, 0.25) is 0 Å². The van der Waals surface area contributed by atoms with Crippen LogP contribution in [0, 0.1) is 5.92 Å². The molecule has 0 aromatic heterocycles. The summed E-state index contributed by atoms with van der Waals surface area (Å²) in [6.07, 6.45) is 7.69.